The summed E-state index contributed by atoms with van der Waals surface area (Å²) < 4.78 is 0. The van der Waals surface area contributed by atoms with Crippen LogP contribution in [0.5, 0.6) is 0 Å². The van der Waals surface area contributed by atoms with Gasteiger partial charge in [0.15, 0.2) is 0 Å². The van der Waals surface area contributed by atoms with Gasteiger partial charge in [0.2, 0.25) is 0 Å². The van der Waals surface area contributed by atoms with Crippen LogP contribution in [-0.4, -0.2) is 18.1 Å². The van der Waals surface area contributed by atoms with Crippen molar-refractivity contribution in [2.45, 2.75) is 13.0 Å². The van der Waals surface area contributed by atoms with Crippen molar-refractivity contribution in [3.63, 3.8) is 0 Å². The highest BCUT2D eigenvalue weighted by Gasteiger charge is 1.89. The third-order valence-electron chi connectivity index (χ3n) is 1.79. The van der Waals surface area contributed by atoms with E-state index in [1.807, 2.05) is 49.5 Å². The standard InChI is InChI=1S/C13H14N2/c1-3-14-10-9-12(2)15-11-13-7-5-4-6-8-13/h4-12H,1H2,2H3/b10-9-,15-11?/t12-/m0/s1. The monoisotopic (exact) mass is 198 g/mol. The van der Waals surface area contributed by atoms with E-state index in [4.69, 9.17) is 0 Å². The smallest absolute Gasteiger partial charge is 0.0669 e. The lowest BCUT2D eigenvalue weighted by Gasteiger charge is -1.96. The molecule has 0 bridgehead atoms. The molecule has 2 heteroatoms. The van der Waals surface area contributed by atoms with Crippen molar-refractivity contribution >= 4 is 12.1 Å². The summed E-state index contributed by atoms with van der Waals surface area (Å²) in [6.45, 7) is 5.36. The lowest BCUT2D eigenvalue weighted by Crippen LogP contribution is -1.92. The van der Waals surface area contributed by atoms with E-state index < -0.39 is 0 Å². The van der Waals surface area contributed by atoms with Crippen molar-refractivity contribution < 1.29 is 0 Å². The molecule has 15 heavy (non-hydrogen) atoms. The van der Waals surface area contributed by atoms with Crippen molar-refractivity contribution in [3.8, 4) is 0 Å². The summed E-state index contributed by atoms with van der Waals surface area (Å²) in [4.78, 5) is 8.10. The highest BCUT2D eigenvalue weighted by molar-refractivity contribution is 5.79. The molecule has 0 aliphatic carbocycles. The van der Waals surface area contributed by atoms with Gasteiger partial charge in [0.05, 0.1) is 6.04 Å². The van der Waals surface area contributed by atoms with E-state index in [9.17, 15) is 0 Å². The molecule has 0 saturated carbocycles. The second kappa shape index (κ2) is 6.52. The molecule has 0 saturated heterocycles. The average molecular weight is 198 g/mol. The summed E-state index contributed by atoms with van der Waals surface area (Å²) in [6.07, 6.45) is 5.39. The summed E-state index contributed by atoms with van der Waals surface area (Å²) in [7, 11) is 0. The summed E-state index contributed by atoms with van der Waals surface area (Å²) in [5.41, 5.74) is 1.10. The minimum absolute atomic E-state index is 0.113. The zero-order valence-corrected chi connectivity index (χ0v) is 8.80. The van der Waals surface area contributed by atoms with Crippen LogP contribution in [-0.2, 0) is 0 Å². The van der Waals surface area contributed by atoms with Crippen LogP contribution in [0.1, 0.15) is 12.5 Å². The number of aliphatic imine (C=N–C) groups is 2. The molecule has 0 spiro atoms. The molecule has 1 aromatic carbocycles. The number of hydrogen-bond acceptors (Lipinski definition) is 2. The Bertz CT molecular complexity index is 384. The van der Waals surface area contributed by atoms with E-state index in [-0.39, 0.29) is 6.04 Å². The molecule has 0 heterocycles. The third kappa shape index (κ3) is 4.75. The van der Waals surface area contributed by atoms with Crippen molar-refractivity contribution in [1.82, 2.24) is 0 Å². The van der Waals surface area contributed by atoms with Crippen LogP contribution >= 0.6 is 0 Å². The molecule has 0 aromatic heterocycles. The summed E-state index contributed by atoms with van der Waals surface area (Å²) >= 11 is 0. The van der Waals surface area contributed by atoms with Crippen molar-refractivity contribution in [2.24, 2.45) is 9.98 Å². The van der Waals surface area contributed by atoms with Gasteiger partial charge in [-0.2, -0.15) is 0 Å². The summed E-state index contributed by atoms with van der Waals surface area (Å²) in [6, 6.07) is 10.1. The predicted octanol–water partition coefficient (Wildman–Crippen LogP) is 2.86. The van der Waals surface area contributed by atoms with Gasteiger partial charge < -0.3 is 0 Å². The van der Waals surface area contributed by atoms with Gasteiger partial charge in [0.1, 0.15) is 0 Å². The first-order valence-corrected chi connectivity index (χ1v) is 4.80. The second-order valence-electron chi connectivity index (χ2n) is 3.06. The molecule has 1 atom stereocenters. The molecule has 2 nitrogen and oxygen atoms in total. The molecule has 1 aromatic rings. The molecule has 0 radical (unpaired) electrons. The molecule has 0 N–H and O–H groups in total. The fraction of sp³-hybridized carbons (Fsp3) is 0.154. The van der Waals surface area contributed by atoms with Crippen molar-refractivity contribution in [1.29, 1.82) is 0 Å². The lowest BCUT2D eigenvalue weighted by atomic mass is 10.2. The van der Waals surface area contributed by atoms with Crippen LogP contribution in [0.2, 0.25) is 0 Å². The van der Waals surface area contributed by atoms with Crippen molar-refractivity contribution in [2.75, 3.05) is 0 Å². The normalized spacial score (nSPS) is 12.9. The van der Waals surface area contributed by atoms with Gasteiger partial charge in [-0.3, -0.25) is 4.99 Å². The van der Waals surface area contributed by atoms with Gasteiger partial charge >= 0.3 is 0 Å². The largest absolute Gasteiger partial charge is 0.285 e. The molecule has 0 aliphatic heterocycles. The third-order valence-corrected chi connectivity index (χ3v) is 1.79. The van der Waals surface area contributed by atoms with E-state index in [1.165, 1.54) is 0 Å². The predicted molar refractivity (Wildman–Crippen MR) is 65.7 cm³/mol. The van der Waals surface area contributed by atoms with Crippen LogP contribution in [0, 0.1) is 0 Å². The highest BCUT2D eigenvalue weighted by atomic mass is 14.8. The van der Waals surface area contributed by atoms with E-state index in [2.05, 4.69) is 22.4 Å². The quantitative estimate of drug-likeness (QED) is 0.665. The molecule has 1 rings (SSSR count). The summed E-state index contributed by atoms with van der Waals surface area (Å²) in [5, 5.41) is 0. The van der Waals surface area contributed by atoms with Crippen LogP contribution in [0.3, 0.4) is 0 Å². The van der Waals surface area contributed by atoms with E-state index >= 15 is 0 Å². The van der Waals surface area contributed by atoms with Gasteiger partial charge in [-0.1, -0.05) is 30.3 Å². The molecule has 0 aliphatic rings. The van der Waals surface area contributed by atoms with E-state index in [1.54, 1.807) is 6.20 Å². The van der Waals surface area contributed by atoms with Gasteiger partial charge in [0.25, 0.3) is 0 Å². The Labute approximate surface area is 90.4 Å². The average Bonchev–Trinajstić information content (AvgIpc) is 2.28. The Morgan fingerprint density at radius 3 is 2.73 bits per heavy atom. The fourth-order valence-corrected chi connectivity index (χ4v) is 1.01. The number of rotatable bonds is 4. The van der Waals surface area contributed by atoms with Gasteiger partial charge in [-0.15, -0.1) is 0 Å². The minimum Gasteiger partial charge on any atom is -0.285 e. The zero-order chi connectivity index (χ0) is 10.9. The number of nitrogens with zero attached hydrogens (tertiary/aromatic N) is 2. The Kier molecular flexibility index (Phi) is 4.85. The molecule has 0 amide bonds. The van der Waals surface area contributed by atoms with Crippen LogP contribution in [0.4, 0.5) is 0 Å². The minimum atomic E-state index is 0.113. The Balaban J connectivity index is 2.54. The molecular weight excluding hydrogens is 184 g/mol. The second-order valence-corrected chi connectivity index (χ2v) is 3.06. The van der Waals surface area contributed by atoms with Crippen LogP contribution in [0.25, 0.3) is 0 Å². The maximum absolute atomic E-state index is 4.35. The highest BCUT2D eigenvalue weighted by Crippen LogP contribution is 1.97. The molecule has 76 valence electrons. The molecule has 0 fully saturated rings. The van der Waals surface area contributed by atoms with E-state index in [0.29, 0.717) is 0 Å². The number of hydrogen-bond donors (Lipinski definition) is 0. The lowest BCUT2D eigenvalue weighted by molar-refractivity contribution is 0.929. The Hall–Kier alpha value is -1.92. The first-order valence-electron chi connectivity index (χ1n) is 4.80. The van der Waals surface area contributed by atoms with Gasteiger partial charge in [-0.25, -0.2) is 4.99 Å². The molecular formula is C13H14N2. The maximum Gasteiger partial charge on any atom is 0.0669 e. The molecule has 0 unspecified atom stereocenters. The maximum atomic E-state index is 4.35. The topological polar surface area (TPSA) is 24.7 Å². The Morgan fingerprint density at radius 2 is 2.07 bits per heavy atom. The van der Waals surface area contributed by atoms with Crippen LogP contribution < -0.4 is 0 Å². The Morgan fingerprint density at radius 1 is 1.33 bits per heavy atom. The SMILES string of the molecule is C=C=N/C=C\[C@H](C)N=Cc1ccccc1. The number of benzene rings is 1. The summed E-state index contributed by atoms with van der Waals surface area (Å²) in [5.74, 6) is 2.43. The fourth-order valence-electron chi connectivity index (χ4n) is 1.01. The first-order chi connectivity index (χ1) is 7.33. The van der Waals surface area contributed by atoms with Crippen molar-refractivity contribution in [3.05, 3.63) is 54.8 Å². The van der Waals surface area contributed by atoms with Gasteiger partial charge in [-0.05, 0) is 31.0 Å². The first kappa shape index (κ1) is 11.2. The van der Waals surface area contributed by atoms with Crippen LogP contribution in [0.15, 0.2) is 59.2 Å². The van der Waals surface area contributed by atoms with Gasteiger partial charge in [0, 0.05) is 12.4 Å². The zero-order valence-electron chi connectivity index (χ0n) is 8.80. The van der Waals surface area contributed by atoms with E-state index in [0.717, 1.165) is 5.56 Å².